The first-order valence-electron chi connectivity index (χ1n) is 7.17. The van der Waals surface area contributed by atoms with Gasteiger partial charge in [-0.25, -0.2) is 0 Å². The van der Waals surface area contributed by atoms with Crippen LogP contribution in [0.1, 0.15) is 16.7 Å². The summed E-state index contributed by atoms with van der Waals surface area (Å²) < 4.78 is 48.6. The SMILES string of the molecule is O=CC1=Cc2ccc(OCc3ccc(C(F)(F)F)cc3)cc2OC1. The number of hydrogen-bond acceptors (Lipinski definition) is 3. The summed E-state index contributed by atoms with van der Waals surface area (Å²) in [4.78, 5) is 10.7. The summed E-state index contributed by atoms with van der Waals surface area (Å²) >= 11 is 0. The Morgan fingerprint density at radius 3 is 2.54 bits per heavy atom. The van der Waals surface area contributed by atoms with Crippen LogP contribution in [0.5, 0.6) is 11.5 Å². The van der Waals surface area contributed by atoms with Crippen molar-refractivity contribution < 1.29 is 27.4 Å². The van der Waals surface area contributed by atoms with Gasteiger partial charge >= 0.3 is 6.18 Å². The quantitative estimate of drug-likeness (QED) is 0.784. The molecule has 0 atom stereocenters. The Hall–Kier alpha value is -2.76. The number of ether oxygens (including phenoxy) is 2. The van der Waals surface area contributed by atoms with Crippen LogP contribution < -0.4 is 9.47 Å². The van der Waals surface area contributed by atoms with E-state index in [1.807, 2.05) is 0 Å². The van der Waals surface area contributed by atoms with Gasteiger partial charge in [-0.3, -0.25) is 4.79 Å². The highest BCUT2D eigenvalue weighted by Crippen LogP contribution is 2.31. The van der Waals surface area contributed by atoms with E-state index in [1.54, 1.807) is 24.3 Å². The normalized spacial score (nSPS) is 13.5. The van der Waals surface area contributed by atoms with E-state index in [1.165, 1.54) is 12.1 Å². The Morgan fingerprint density at radius 1 is 1.12 bits per heavy atom. The van der Waals surface area contributed by atoms with Crippen molar-refractivity contribution in [2.75, 3.05) is 6.61 Å². The largest absolute Gasteiger partial charge is 0.489 e. The Kier molecular flexibility index (Phi) is 4.29. The summed E-state index contributed by atoms with van der Waals surface area (Å²) in [6, 6.07) is 10.0. The molecule has 0 fully saturated rings. The van der Waals surface area contributed by atoms with Crippen molar-refractivity contribution in [3.63, 3.8) is 0 Å². The van der Waals surface area contributed by atoms with Crippen LogP contribution in [-0.4, -0.2) is 12.9 Å². The van der Waals surface area contributed by atoms with E-state index in [0.29, 0.717) is 22.6 Å². The lowest BCUT2D eigenvalue weighted by Crippen LogP contribution is -2.08. The van der Waals surface area contributed by atoms with Gasteiger partial charge in [0.1, 0.15) is 31.0 Å². The van der Waals surface area contributed by atoms with Crippen molar-refractivity contribution in [1.82, 2.24) is 0 Å². The molecule has 3 rings (SSSR count). The molecule has 0 amide bonds. The molecule has 0 saturated carbocycles. The topological polar surface area (TPSA) is 35.5 Å². The highest BCUT2D eigenvalue weighted by molar-refractivity contribution is 5.84. The number of carbonyl (C=O) groups excluding carboxylic acids is 1. The van der Waals surface area contributed by atoms with Crippen LogP contribution in [-0.2, 0) is 17.6 Å². The van der Waals surface area contributed by atoms with E-state index in [2.05, 4.69) is 0 Å². The molecule has 1 aliphatic heterocycles. The second-order valence-electron chi connectivity index (χ2n) is 5.31. The van der Waals surface area contributed by atoms with Gasteiger partial charge < -0.3 is 9.47 Å². The molecule has 1 heterocycles. The predicted molar refractivity (Wildman–Crippen MR) is 81.8 cm³/mol. The number of fused-ring (bicyclic) bond motifs is 1. The maximum atomic E-state index is 12.5. The predicted octanol–water partition coefficient (Wildman–Crippen LogP) is 4.26. The standard InChI is InChI=1S/C18H13F3O3/c19-18(20,21)15-4-1-12(2-5-15)10-23-16-6-3-14-7-13(9-22)11-24-17(14)8-16/h1-9H,10-11H2. The zero-order chi connectivity index (χ0) is 17.2. The maximum absolute atomic E-state index is 12.5. The molecular formula is C18H13F3O3. The van der Waals surface area contributed by atoms with Crippen LogP contribution in [0.4, 0.5) is 13.2 Å². The molecule has 2 aromatic carbocycles. The van der Waals surface area contributed by atoms with Crippen LogP contribution in [0.15, 0.2) is 48.0 Å². The highest BCUT2D eigenvalue weighted by Gasteiger charge is 2.29. The molecule has 0 radical (unpaired) electrons. The molecule has 124 valence electrons. The summed E-state index contributed by atoms with van der Waals surface area (Å²) in [6.45, 7) is 0.352. The Labute approximate surface area is 136 Å². The lowest BCUT2D eigenvalue weighted by molar-refractivity contribution is -0.137. The fraction of sp³-hybridized carbons (Fsp3) is 0.167. The summed E-state index contributed by atoms with van der Waals surface area (Å²) in [6.07, 6.45) is -1.85. The number of aldehydes is 1. The number of benzene rings is 2. The summed E-state index contributed by atoms with van der Waals surface area (Å²) in [5.41, 5.74) is 1.28. The molecule has 3 nitrogen and oxygen atoms in total. The molecule has 0 bridgehead atoms. The van der Waals surface area contributed by atoms with Crippen molar-refractivity contribution in [3.05, 3.63) is 64.7 Å². The van der Waals surface area contributed by atoms with Crippen LogP contribution in [0, 0.1) is 0 Å². The summed E-state index contributed by atoms with van der Waals surface area (Å²) in [5, 5.41) is 0. The smallest absolute Gasteiger partial charge is 0.416 e. The molecule has 24 heavy (non-hydrogen) atoms. The van der Waals surface area contributed by atoms with E-state index in [-0.39, 0.29) is 13.2 Å². The van der Waals surface area contributed by atoms with Crippen LogP contribution in [0.2, 0.25) is 0 Å². The van der Waals surface area contributed by atoms with Gasteiger partial charge in [-0.2, -0.15) is 13.2 Å². The summed E-state index contributed by atoms with van der Waals surface area (Å²) in [7, 11) is 0. The van der Waals surface area contributed by atoms with E-state index >= 15 is 0 Å². The van der Waals surface area contributed by atoms with Crippen molar-refractivity contribution in [3.8, 4) is 11.5 Å². The minimum atomic E-state index is -4.34. The van der Waals surface area contributed by atoms with Gasteiger partial charge in [0.25, 0.3) is 0 Å². The van der Waals surface area contributed by atoms with Gasteiger partial charge in [-0.1, -0.05) is 12.1 Å². The molecule has 2 aromatic rings. The van der Waals surface area contributed by atoms with Crippen LogP contribution in [0.25, 0.3) is 6.08 Å². The molecule has 0 aliphatic carbocycles. The molecule has 0 aromatic heterocycles. The van der Waals surface area contributed by atoms with Crippen LogP contribution >= 0.6 is 0 Å². The van der Waals surface area contributed by atoms with Crippen molar-refractivity contribution >= 4 is 12.4 Å². The van der Waals surface area contributed by atoms with E-state index < -0.39 is 11.7 Å². The molecule has 0 N–H and O–H groups in total. The van der Waals surface area contributed by atoms with Gasteiger partial charge in [0, 0.05) is 17.2 Å². The molecule has 0 saturated heterocycles. The lowest BCUT2D eigenvalue weighted by atomic mass is 10.1. The first-order chi connectivity index (χ1) is 11.5. The fourth-order valence-corrected chi connectivity index (χ4v) is 2.28. The van der Waals surface area contributed by atoms with Crippen molar-refractivity contribution in [2.45, 2.75) is 12.8 Å². The Bertz CT molecular complexity index is 777. The number of carbonyl (C=O) groups is 1. The second-order valence-corrected chi connectivity index (χ2v) is 5.31. The van der Waals surface area contributed by atoms with Crippen LogP contribution in [0.3, 0.4) is 0 Å². The molecule has 1 aliphatic rings. The van der Waals surface area contributed by atoms with E-state index in [0.717, 1.165) is 24.0 Å². The maximum Gasteiger partial charge on any atom is 0.416 e. The number of alkyl halides is 3. The van der Waals surface area contributed by atoms with Gasteiger partial charge in [-0.05, 0) is 35.9 Å². The van der Waals surface area contributed by atoms with E-state index in [9.17, 15) is 18.0 Å². The molecule has 0 unspecified atom stereocenters. The van der Waals surface area contributed by atoms with Gasteiger partial charge in [-0.15, -0.1) is 0 Å². The third kappa shape index (κ3) is 3.59. The Morgan fingerprint density at radius 2 is 1.88 bits per heavy atom. The second kappa shape index (κ2) is 6.39. The molecule has 6 heteroatoms. The number of hydrogen-bond donors (Lipinski definition) is 0. The average Bonchev–Trinajstić information content (AvgIpc) is 2.59. The number of halogens is 3. The first kappa shape index (κ1) is 16.1. The lowest BCUT2D eigenvalue weighted by Gasteiger charge is -2.16. The first-order valence-corrected chi connectivity index (χ1v) is 7.17. The monoisotopic (exact) mass is 334 g/mol. The Balaban J connectivity index is 1.67. The minimum Gasteiger partial charge on any atom is -0.489 e. The fourth-order valence-electron chi connectivity index (χ4n) is 2.28. The molecule has 0 spiro atoms. The highest BCUT2D eigenvalue weighted by atomic mass is 19.4. The zero-order valence-electron chi connectivity index (χ0n) is 12.5. The summed E-state index contributed by atoms with van der Waals surface area (Å²) in [5.74, 6) is 1.14. The number of rotatable bonds is 4. The van der Waals surface area contributed by atoms with Gasteiger partial charge in [0.05, 0.1) is 5.56 Å². The van der Waals surface area contributed by atoms with E-state index in [4.69, 9.17) is 9.47 Å². The third-order valence-corrected chi connectivity index (χ3v) is 3.56. The average molecular weight is 334 g/mol. The third-order valence-electron chi connectivity index (χ3n) is 3.56. The molecular weight excluding hydrogens is 321 g/mol. The van der Waals surface area contributed by atoms with Crippen molar-refractivity contribution in [2.24, 2.45) is 0 Å². The zero-order valence-corrected chi connectivity index (χ0v) is 12.5. The van der Waals surface area contributed by atoms with Gasteiger partial charge in [0.2, 0.25) is 0 Å². The van der Waals surface area contributed by atoms with Gasteiger partial charge in [0.15, 0.2) is 0 Å². The minimum absolute atomic E-state index is 0.145. The van der Waals surface area contributed by atoms with Crippen molar-refractivity contribution in [1.29, 1.82) is 0 Å².